The molecule has 0 bridgehead atoms. The van der Waals surface area contributed by atoms with Crippen molar-refractivity contribution in [1.82, 2.24) is 4.98 Å². The fourth-order valence-corrected chi connectivity index (χ4v) is 2.83. The maximum Gasteiger partial charge on any atom is 0.303 e. The molecular formula is C13H12BrFN2O2S. The van der Waals surface area contributed by atoms with Crippen LogP contribution >= 0.6 is 27.3 Å². The van der Waals surface area contributed by atoms with E-state index in [9.17, 15) is 9.18 Å². The molecule has 0 aliphatic rings. The number of carboxylic acid groups (broad SMARTS) is 1. The summed E-state index contributed by atoms with van der Waals surface area (Å²) in [4.78, 5) is 14.8. The number of halogens is 2. The maximum absolute atomic E-state index is 13.5. The molecule has 0 aliphatic carbocycles. The molecule has 7 heteroatoms. The lowest BCUT2D eigenvalue weighted by Gasteiger charge is -2.07. The van der Waals surface area contributed by atoms with Gasteiger partial charge in [0.25, 0.3) is 0 Å². The predicted molar refractivity (Wildman–Crippen MR) is 80.2 cm³/mol. The van der Waals surface area contributed by atoms with Gasteiger partial charge in [-0.05, 0) is 40.5 Å². The molecule has 0 amide bonds. The molecule has 1 aromatic carbocycles. The van der Waals surface area contributed by atoms with Gasteiger partial charge in [-0.3, -0.25) is 4.79 Å². The van der Waals surface area contributed by atoms with Crippen LogP contribution in [0, 0.1) is 12.7 Å². The molecular weight excluding hydrogens is 347 g/mol. The monoisotopic (exact) mass is 358 g/mol. The highest BCUT2D eigenvalue weighted by Gasteiger charge is 2.08. The van der Waals surface area contributed by atoms with Crippen LogP contribution in [-0.2, 0) is 11.2 Å². The van der Waals surface area contributed by atoms with Crippen LogP contribution in [0.2, 0.25) is 0 Å². The summed E-state index contributed by atoms with van der Waals surface area (Å²) in [5.41, 5.74) is 2.25. The highest BCUT2D eigenvalue weighted by Crippen LogP contribution is 2.28. The largest absolute Gasteiger partial charge is 0.481 e. The van der Waals surface area contributed by atoms with Crippen molar-refractivity contribution in [3.63, 3.8) is 0 Å². The molecule has 20 heavy (non-hydrogen) atoms. The first-order valence-corrected chi connectivity index (χ1v) is 7.52. The third-order valence-corrected chi connectivity index (χ3v) is 4.07. The maximum atomic E-state index is 13.5. The summed E-state index contributed by atoms with van der Waals surface area (Å²) >= 11 is 4.50. The number of hydrogen-bond acceptors (Lipinski definition) is 4. The Morgan fingerprint density at radius 3 is 3.00 bits per heavy atom. The van der Waals surface area contributed by atoms with E-state index in [1.165, 1.54) is 17.4 Å². The lowest BCUT2D eigenvalue weighted by atomic mass is 10.2. The molecule has 0 unspecified atom stereocenters. The number of aliphatic carboxylic acids is 1. The predicted octanol–water partition coefficient (Wildman–Crippen LogP) is 4.11. The van der Waals surface area contributed by atoms with Gasteiger partial charge < -0.3 is 10.4 Å². The Morgan fingerprint density at radius 1 is 1.55 bits per heavy atom. The van der Waals surface area contributed by atoms with Crippen LogP contribution in [0.5, 0.6) is 0 Å². The van der Waals surface area contributed by atoms with Gasteiger partial charge in [-0.15, -0.1) is 11.3 Å². The average Bonchev–Trinajstić information content (AvgIpc) is 2.81. The SMILES string of the molecule is Cc1cc(Br)c(F)cc1Nc1nc(CCC(=O)O)cs1. The second-order valence-electron chi connectivity index (χ2n) is 4.24. The number of aromatic nitrogens is 1. The number of thiazole rings is 1. The fraction of sp³-hybridized carbons (Fsp3) is 0.231. The number of aryl methyl sites for hydroxylation is 2. The van der Waals surface area contributed by atoms with Crippen molar-refractivity contribution in [2.24, 2.45) is 0 Å². The zero-order valence-corrected chi connectivity index (χ0v) is 13.0. The van der Waals surface area contributed by atoms with Crippen molar-refractivity contribution >= 4 is 44.1 Å². The molecule has 106 valence electrons. The van der Waals surface area contributed by atoms with E-state index in [1.807, 2.05) is 6.92 Å². The summed E-state index contributed by atoms with van der Waals surface area (Å²) in [5.74, 6) is -1.20. The van der Waals surface area contributed by atoms with Crippen LogP contribution < -0.4 is 5.32 Å². The average molecular weight is 359 g/mol. The number of carbonyl (C=O) groups is 1. The Kier molecular flexibility index (Phi) is 4.72. The summed E-state index contributed by atoms with van der Waals surface area (Å²) in [6.45, 7) is 1.87. The van der Waals surface area contributed by atoms with Crippen molar-refractivity contribution < 1.29 is 14.3 Å². The Morgan fingerprint density at radius 2 is 2.30 bits per heavy atom. The van der Waals surface area contributed by atoms with Crippen molar-refractivity contribution in [2.75, 3.05) is 5.32 Å². The standard InChI is InChI=1S/C13H12BrFN2O2S/c1-7-4-9(14)10(15)5-11(7)17-13-16-8(6-20-13)2-3-12(18)19/h4-6H,2-3H2,1H3,(H,16,17)(H,18,19). The molecule has 1 heterocycles. The smallest absolute Gasteiger partial charge is 0.303 e. The lowest BCUT2D eigenvalue weighted by Crippen LogP contribution is -1.98. The minimum absolute atomic E-state index is 0.0507. The highest BCUT2D eigenvalue weighted by atomic mass is 79.9. The number of hydrogen-bond donors (Lipinski definition) is 2. The second kappa shape index (κ2) is 6.32. The van der Waals surface area contributed by atoms with E-state index in [0.29, 0.717) is 21.7 Å². The van der Waals surface area contributed by atoms with Gasteiger partial charge in [0.1, 0.15) is 5.82 Å². The Labute approximate surface area is 127 Å². The Balaban J connectivity index is 2.10. The van der Waals surface area contributed by atoms with Crippen LogP contribution in [0.1, 0.15) is 17.7 Å². The second-order valence-corrected chi connectivity index (χ2v) is 5.96. The van der Waals surface area contributed by atoms with Crippen LogP contribution in [-0.4, -0.2) is 16.1 Å². The minimum Gasteiger partial charge on any atom is -0.481 e. The van der Waals surface area contributed by atoms with E-state index >= 15 is 0 Å². The van der Waals surface area contributed by atoms with Crippen molar-refractivity contribution in [3.8, 4) is 0 Å². The summed E-state index contributed by atoms with van der Waals surface area (Å²) in [6.07, 6.45) is 0.441. The number of carboxylic acids is 1. The van der Waals surface area contributed by atoms with E-state index in [-0.39, 0.29) is 12.2 Å². The molecule has 2 aromatic rings. The normalized spacial score (nSPS) is 10.6. The first-order valence-electron chi connectivity index (χ1n) is 5.84. The van der Waals surface area contributed by atoms with Crippen LogP contribution in [0.3, 0.4) is 0 Å². The highest BCUT2D eigenvalue weighted by molar-refractivity contribution is 9.10. The molecule has 0 fully saturated rings. The molecule has 0 aliphatic heterocycles. The molecule has 0 atom stereocenters. The van der Waals surface area contributed by atoms with Gasteiger partial charge >= 0.3 is 5.97 Å². The zero-order chi connectivity index (χ0) is 14.7. The van der Waals surface area contributed by atoms with E-state index in [0.717, 1.165) is 11.3 Å². The molecule has 4 nitrogen and oxygen atoms in total. The van der Waals surface area contributed by atoms with Gasteiger partial charge in [-0.2, -0.15) is 0 Å². The molecule has 2 N–H and O–H groups in total. The number of nitrogens with zero attached hydrogens (tertiary/aromatic N) is 1. The van der Waals surface area contributed by atoms with Crippen LogP contribution in [0.15, 0.2) is 22.0 Å². The third-order valence-electron chi connectivity index (χ3n) is 2.66. The minimum atomic E-state index is -0.849. The van der Waals surface area contributed by atoms with Crippen molar-refractivity contribution in [1.29, 1.82) is 0 Å². The quantitative estimate of drug-likeness (QED) is 0.843. The first-order chi connectivity index (χ1) is 9.45. The molecule has 0 radical (unpaired) electrons. The molecule has 2 rings (SSSR count). The molecule has 0 saturated carbocycles. The molecule has 0 saturated heterocycles. The van der Waals surface area contributed by atoms with Crippen molar-refractivity contribution in [3.05, 3.63) is 39.1 Å². The molecule has 1 aromatic heterocycles. The van der Waals surface area contributed by atoms with Gasteiger partial charge in [0.15, 0.2) is 5.13 Å². The van der Waals surface area contributed by atoms with E-state index in [4.69, 9.17) is 5.11 Å². The molecule has 0 spiro atoms. The third kappa shape index (κ3) is 3.77. The number of rotatable bonds is 5. The van der Waals surface area contributed by atoms with Crippen LogP contribution in [0.25, 0.3) is 0 Å². The number of benzene rings is 1. The Hall–Kier alpha value is -1.47. The summed E-state index contributed by atoms with van der Waals surface area (Å²) in [6, 6.07) is 3.09. The first kappa shape index (κ1) is 14.9. The fourth-order valence-electron chi connectivity index (χ4n) is 1.61. The number of anilines is 2. The van der Waals surface area contributed by atoms with Gasteiger partial charge in [0, 0.05) is 17.5 Å². The van der Waals surface area contributed by atoms with Gasteiger partial charge in [0.05, 0.1) is 16.6 Å². The number of nitrogens with one attached hydrogen (secondary N) is 1. The summed E-state index contributed by atoms with van der Waals surface area (Å²) in [5, 5.41) is 14.1. The van der Waals surface area contributed by atoms with Gasteiger partial charge in [0.2, 0.25) is 0 Å². The van der Waals surface area contributed by atoms with Gasteiger partial charge in [-0.25, -0.2) is 9.37 Å². The lowest BCUT2D eigenvalue weighted by molar-refractivity contribution is -0.136. The van der Waals surface area contributed by atoms with E-state index < -0.39 is 5.97 Å². The topological polar surface area (TPSA) is 62.2 Å². The van der Waals surface area contributed by atoms with Crippen molar-refractivity contribution in [2.45, 2.75) is 19.8 Å². The Bertz CT molecular complexity index is 645. The van der Waals surface area contributed by atoms with Crippen LogP contribution in [0.4, 0.5) is 15.2 Å². The zero-order valence-electron chi connectivity index (χ0n) is 10.6. The van der Waals surface area contributed by atoms with E-state index in [2.05, 4.69) is 26.2 Å². The summed E-state index contributed by atoms with van der Waals surface area (Å²) in [7, 11) is 0. The summed E-state index contributed by atoms with van der Waals surface area (Å²) < 4.78 is 13.9. The van der Waals surface area contributed by atoms with E-state index in [1.54, 1.807) is 11.4 Å². The van der Waals surface area contributed by atoms with Gasteiger partial charge in [-0.1, -0.05) is 0 Å².